The van der Waals surface area contributed by atoms with Crippen LogP contribution in [0, 0.1) is 17.8 Å². The van der Waals surface area contributed by atoms with Gasteiger partial charge in [-0.3, -0.25) is 0 Å². The molecule has 2 aliphatic rings. The van der Waals surface area contributed by atoms with Gasteiger partial charge in [-0.2, -0.15) is 0 Å². The molecular weight excluding hydrogens is 152 g/mol. The number of hydrogen-bond donors (Lipinski definition) is 1. The lowest BCUT2D eigenvalue weighted by atomic mass is 10.1. The number of fused-ring (bicyclic) bond motifs is 1. The van der Waals surface area contributed by atoms with Gasteiger partial charge in [-0.25, -0.2) is 0 Å². The summed E-state index contributed by atoms with van der Waals surface area (Å²) in [6.07, 6.45) is 3.89. The molecule has 2 heteroatoms. The van der Waals surface area contributed by atoms with Gasteiger partial charge in [-0.1, -0.05) is 6.42 Å². The largest absolute Gasteiger partial charge is 0.390 e. The summed E-state index contributed by atoms with van der Waals surface area (Å²) in [7, 11) is 0. The molecule has 1 N–H and O–H groups in total. The van der Waals surface area contributed by atoms with Crippen molar-refractivity contribution < 1.29 is 9.84 Å². The Bertz CT molecular complexity index is 148. The van der Waals surface area contributed by atoms with Crippen molar-refractivity contribution in [1.82, 2.24) is 0 Å². The Balaban J connectivity index is 1.72. The van der Waals surface area contributed by atoms with Crippen LogP contribution in [0.25, 0.3) is 0 Å². The molecule has 2 nitrogen and oxygen atoms in total. The van der Waals surface area contributed by atoms with Crippen molar-refractivity contribution in [2.75, 3.05) is 13.2 Å². The first kappa shape index (κ1) is 8.52. The van der Waals surface area contributed by atoms with Crippen LogP contribution in [0.15, 0.2) is 0 Å². The Labute approximate surface area is 73.9 Å². The second-order valence-electron chi connectivity index (χ2n) is 4.06. The molecule has 0 aromatic heterocycles. The monoisotopic (exact) mass is 170 g/mol. The first-order valence-electron chi connectivity index (χ1n) is 5.10. The van der Waals surface area contributed by atoms with Gasteiger partial charge in [0, 0.05) is 6.61 Å². The topological polar surface area (TPSA) is 29.5 Å². The van der Waals surface area contributed by atoms with E-state index in [1.165, 1.54) is 19.3 Å². The van der Waals surface area contributed by atoms with Gasteiger partial charge < -0.3 is 9.84 Å². The van der Waals surface area contributed by atoms with Crippen molar-refractivity contribution in [2.45, 2.75) is 32.3 Å². The van der Waals surface area contributed by atoms with Crippen molar-refractivity contribution in [1.29, 1.82) is 0 Å². The highest BCUT2D eigenvalue weighted by molar-refractivity contribution is 5.04. The van der Waals surface area contributed by atoms with Gasteiger partial charge in [-0.15, -0.1) is 0 Å². The molecule has 2 aliphatic carbocycles. The Morgan fingerprint density at radius 3 is 2.67 bits per heavy atom. The average Bonchev–Trinajstić information content (AvgIpc) is 2.56. The maximum Gasteiger partial charge on any atom is 0.0807 e. The van der Waals surface area contributed by atoms with Crippen molar-refractivity contribution in [3.8, 4) is 0 Å². The Morgan fingerprint density at radius 2 is 2.08 bits per heavy atom. The van der Waals surface area contributed by atoms with Gasteiger partial charge in [-0.05, 0) is 37.5 Å². The predicted molar refractivity (Wildman–Crippen MR) is 46.8 cm³/mol. The second kappa shape index (κ2) is 3.35. The molecule has 0 bridgehead atoms. The SMILES string of the molecule is CCOCC(O)C1C2CCCC21. The quantitative estimate of drug-likeness (QED) is 0.691. The summed E-state index contributed by atoms with van der Waals surface area (Å²) in [4.78, 5) is 0. The third-order valence-corrected chi connectivity index (χ3v) is 3.41. The van der Waals surface area contributed by atoms with Crippen LogP contribution in [-0.4, -0.2) is 24.4 Å². The highest BCUT2D eigenvalue weighted by atomic mass is 16.5. The lowest BCUT2D eigenvalue weighted by Gasteiger charge is -2.11. The predicted octanol–water partition coefficient (Wildman–Crippen LogP) is 1.43. The number of aliphatic hydroxyl groups is 1. The van der Waals surface area contributed by atoms with E-state index in [0.717, 1.165) is 18.4 Å². The number of aliphatic hydroxyl groups excluding tert-OH is 1. The number of ether oxygens (including phenoxy) is 1. The molecule has 0 saturated heterocycles. The van der Waals surface area contributed by atoms with Gasteiger partial charge in [0.2, 0.25) is 0 Å². The minimum Gasteiger partial charge on any atom is -0.390 e. The van der Waals surface area contributed by atoms with Gasteiger partial charge in [0.15, 0.2) is 0 Å². The maximum atomic E-state index is 9.70. The molecule has 2 saturated carbocycles. The number of hydrogen-bond acceptors (Lipinski definition) is 2. The minimum absolute atomic E-state index is 0.180. The lowest BCUT2D eigenvalue weighted by Crippen LogP contribution is -2.20. The molecule has 3 atom stereocenters. The van der Waals surface area contributed by atoms with Crippen LogP contribution in [0.1, 0.15) is 26.2 Å². The standard InChI is InChI=1S/C10H18O2/c1-2-12-6-9(11)10-7-4-3-5-8(7)10/h7-11H,2-6H2,1H3. The van der Waals surface area contributed by atoms with Gasteiger partial charge in [0.05, 0.1) is 12.7 Å². The molecule has 0 spiro atoms. The van der Waals surface area contributed by atoms with Crippen LogP contribution in [0.2, 0.25) is 0 Å². The van der Waals surface area contributed by atoms with E-state index in [-0.39, 0.29) is 6.10 Å². The van der Waals surface area contributed by atoms with E-state index in [4.69, 9.17) is 4.74 Å². The Hall–Kier alpha value is -0.0800. The minimum atomic E-state index is -0.180. The summed E-state index contributed by atoms with van der Waals surface area (Å²) in [5, 5.41) is 9.70. The van der Waals surface area contributed by atoms with Crippen molar-refractivity contribution >= 4 is 0 Å². The van der Waals surface area contributed by atoms with E-state index in [0.29, 0.717) is 12.5 Å². The fraction of sp³-hybridized carbons (Fsp3) is 1.00. The maximum absolute atomic E-state index is 9.70. The highest BCUT2D eigenvalue weighted by Crippen LogP contribution is 2.58. The van der Waals surface area contributed by atoms with Crippen LogP contribution < -0.4 is 0 Å². The van der Waals surface area contributed by atoms with Crippen LogP contribution in [0.3, 0.4) is 0 Å². The van der Waals surface area contributed by atoms with E-state index in [2.05, 4.69) is 0 Å². The summed E-state index contributed by atoms with van der Waals surface area (Å²) in [6, 6.07) is 0. The highest BCUT2D eigenvalue weighted by Gasteiger charge is 2.55. The summed E-state index contributed by atoms with van der Waals surface area (Å²) < 4.78 is 5.21. The Kier molecular flexibility index (Phi) is 2.37. The molecule has 0 heterocycles. The molecule has 0 amide bonds. The summed E-state index contributed by atoms with van der Waals surface area (Å²) in [5.74, 6) is 2.28. The van der Waals surface area contributed by atoms with Crippen LogP contribution in [0.4, 0.5) is 0 Å². The second-order valence-corrected chi connectivity index (χ2v) is 4.06. The average molecular weight is 170 g/mol. The number of rotatable bonds is 4. The first-order chi connectivity index (χ1) is 5.84. The molecule has 0 radical (unpaired) electrons. The summed E-state index contributed by atoms with van der Waals surface area (Å²) in [6.45, 7) is 3.24. The molecular formula is C10H18O2. The molecule has 0 aromatic rings. The molecule has 2 rings (SSSR count). The molecule has 70 valence electrons. The molecule has 12 heavy (non-hydrogen) atoms. The van der Waals surface area contributed by atoms with E-state index in [1.807, 2.05) is 6.92 Å². The molecule has 2 fully saturated rings. The van der Waals surface area contributed by atoms with Crippen molar-refractivity contribution in [2.24, 2.45) is 17.8 Å². The van der Waals surface area contributed by atoms with E-state index >= 15 is 0 Å². The third kappa shape index (κ3) is 1.38. The van der Waals surface area contributed by atoms with Gasteiger partial charge >= 0.3 is 0 Å². The zero-order valence-corrected chi connectivity index (χ0v) is 7.70. The molecule has 0 aromatic carbocycles. The van der Waals surface area contributed by atoms with Gasteiger partial charge in [0.25, 0.3) is 0 Å². The van der Waals surface area contributed by atoms with Gasteiger partial charge in [0.1, 0.15) is 0 Å². The van der Waals surface area contributed by atoms with E-state index in [1.54, 1.807) is 0 Å². The first-order valence-corrected chi connectivity index (χ1v) is 5.10. The summed E-state index contributed by atoms with van der Waals surface area (Å²) in [5.41, 5.74) is 0. The lowest BCUT2D eigenvalue weighted by molar-refractivity contribution is 0.0237. The van der Waals surface area contributed by atoms with Crippen molar-refractivity contribution in [3.63, 3.8) is 0 Å². The fourth-order valence-electron chi connectivity index (χ4n) is 2.80. The zero-order valence-electron chi connectivity index (χ0n) is 7.70. The van der Waals surface area contributed by atoms with E-state index < -0.39 is 0 Å². The summed E-state index contributed by atoms with van der Waals surface area (Å²) >= 11 is 0. The molecule has 3 unspecified atom stereocenters. The fourth-order valence-corrected chi connectivity index (χ4v) is 2.80. The van der Waals surface area contributed by atoms with Crippen molar-refractivity contribution in [3.05, 3.63) is 0 Å². The third-order valence-electron chi connectivity index (χ3n) is 3.41. The molecule has 0 aliphatic heterocycles. The van der Waals surface area contributed by atoms with E-state index in [9.17, 15) is 5.11 Å². The Morgan fingerprint density at radius 1 is 1.42 bits per heavy atom. The van der Waals surface area contributed by atoms with Crippen LogP contribution in [0.5, 0.6) is 0 Å². The van der Waals surface area contributed by atoms with Crippen LogP contribution >= 0.6 is 0 Å². The van der Waals surface area contributed by atoms with Crippen LogP contribution in [-0.2, 0) is 4.74 Å². The normalized spacial score (nSPS) is 41.0. The smallest absolute Gasteiger partial charge is 0.0807 e. The zero-order chi connectivity index (χ0) is 8.55.